The molecule has 0 bridgehead atoms. The molecule has 1 fully saturated rings. The zero-order valence-corrected chi connectivity index (χ0v) is 15.6. The van der Waals surface area contributed by atoms with E-state index in [1.807, 2.05) is 11.0 Å². The SMILES string of the molecule is Cc1ccc(CCC(=O)N2CCN(CC=Cc3ccccc3)CC2)cc1. The average molecular weight is 348 g/mol. The monoisotopic (exact) mass is 348 g/mol. The molecule has 2 aromatic rings. The Labute approximate surface area is 156 Å². The van der Waals surface area contributed by atoms with Crippen molar-refractivity contribution in [1.82, 2.24) is 9.80 Å². The van der Waals surface area contributed by atoms with Crippen LogP contribution in [-0.4, -0.2) is 48.4 Å². The van der Waals surface area contributed by atoms with Gasteiger partial charge in [0.25, 0.3) is 0 Å². The first-order valence-corrected chi connectivity index (χ1v) is 9.48. The molecule has 0 spiro atoms. The number of benzene rings is 2. The van der Waals surface area contributed by atoms with Gasteiger partial charge in [0, 0.05) is 39.1 Å². The number of carbonyl (C=O) groups is 1. The number of piperazine rings is 1. The highest BCUT2D eigenvalue weighted by atomic mass is 16.2. The summed E-state index contributed by atoms with van der Waals surface area (Å²) in [5.74, 6) is 0.282. The van der Waals surface area contributed by atoms with E-state index in [-0.39, 0.29) is 5.91 Å². The molecular formula is C23H28N2O. The van der Waals surface area contributed by atoms with Gasteiger partial charge in [-0.15, -0.1) is 0 Å². The molecule has 0 unspecified atom stereocenters. The smallest absolute Gasteiger partial charge is 0.222 e. The first-order valence-electron chi connectivity index (χ1n) is 9.48. The lowest BCUT2D eigenvalue weighted by Gasteiger charge is -2.34. The predicted molar refractivity (Wildman–Crippen MR) is 108 cm³/mol. The third-order valence-corrected chi connectivity index (χ3v) is 4.95. The van der Waals surface area contributed by atoms with Crippen molar-refractivity contribution in [2.75, 3.05) is 32.7 Å². The molecule has 0 N–H and O–H groups in total. The van der Waals surface area contributed by atoms with Gasteiger partial charge in [-0.3, -0.25) is 9.69 Å². The van der Waals surface area contributed by atoms with Crippen LogP contribution in [-0.2, 0) is 11.2 Å². The maximum atomic E-state index is 12.4. The van der Waals surface area contributed by atoms with Gasteiger partial charge >= 0.3 is 0 Å². The van der Waals surface area contributed by atoms with Gasteiger partial charge in [-0.2, -0.15) is 0 Å². The predicted octanol–water partition coefficient (Wildman–Crippen LogP) is 3.79. The highest BCUT2D eigenvalue weighted by Gasteiger charge is 2.19. The third kappa shape index (κ3) is 5.57. The van der Waals surface area contributed by atoms with Gasteiger partial charge in [0.05, 0.1) is 0 Å². The number of amides is 1. The number of hydrogen-bond donors (Lipinski definition) is 0. The summed E-state index contributed by atoms with van der Waals surface area (Å²) >= 11 is 0. The minimum Gasteiger partial charge on any atom is -0.340 e. The van der Waals surface area contributed by atoms with Crippen molar-refractivity contribution >= 4 is 12.0 Å². The molecular weight excluding hydrogens is 320 g/mol. The molecule has 1 saturated heterocycles. The zero-order chi connectivity index (χ0) is 18.2. The second-order valence-corrected chi connectivity index (χ2v) is 6.98. The standard InChI is InChI=1S/C23H28N2O/c1-20-9-11-22(12-10-20)13-14-23(26)25-18-16-24(17-19-25)15-5-8-21-6-3-2-4-7-21/h2-12H,13-19H2,1H3. The maximum absolute atomic E-state index is 12.4. The van der Waals surface area contributed by atoms with E-state index in [9.17, 15) is 4.79 Å². The topological polar surface area (TPSA) is 23.6 Å². The van der Waals surface area contributed by atoms with Crippen LogP contribution < -0.4 is 0 Å². The summed E-state index contributed by atoms with van der Waals surface area (Å²) in [6.07, 6.45) is 5.82. The fourth-order valence-electron chi connectivity index (χ4n) is 3.25. The van der Waals surface area contributed by atoms with Gasteiger partial charge in [0.2, 0.25) is 5.91 Å². The van der Waals surface area contributed by atoms with E-state index in [0.29, 0.717) is 6.42 Å². The minimum atomic E-state index is 0.282. The first-order chi connectivity index (χ1) is 12.7. The molecule has 2 aromatic carbocycles. The summed E-state index contributed by atoms with van der Waals surface area (Å²) in [5.41, 5.74) is 3.74. The molecule has 3 rings (SSSR count). The second-order valence-electron chi connectivity index (χ2n) is 6.98. The number of aryl methyl sites for hydroxylation is 2. The number of hydrogen-bond acceptors (Lipinski definition) is 2. The van der Waals surface area contributed by atoms with Gasteiger partial charge in [-0.25, -0.2) is 0 Å². The van der Waals surface area contributed by atoms with Crippen molar-refractivity contribution in [1.29, 1.82) is 0 Å². The Balaban J connectivity index is 1.38. The van der Waals surface area contributed by atoms with Gasteiger partial charge < -0.3 is 4.90 Å². The van der Waals surface area contributed by atoms with Crippen LogP contribution in [0.2, 0.25) is 0 Å². The molecule has 26 heavy (non-hydrogen) atoms. The van der Waals surface area contributed by atoms with Crippen LogP contribution in [0.4, 0.5) is 0 Å². The molecule has 0 aromatic heterocycles. The zero-order valence-electron chi connectivity index (χ0n) is 15.6. The van der Waals surface area contributed by atoms with Gasteiger partial charge in [0.1, 0.15) is 0 Å². The average Bonchev–Trinajstić information content (AvgIpc) is 2.69. The Morgan fingerprint density at radius 3 is 2.35 bits per heavy atom. The van der Waals surface area contributed by atoms with E-state index in [2.05, 4.69) is 72.5 Å². The Hall–Kier alpha value is -2.39. The third-order valence-electron chi connectivity index (χ3n) is 4.95. The fourth-order valence-corrected chi connectivity index (χ4v) is 3.25. The summed E-state index contributed by atoms with van der Waals surface area (Å²) in [4.78, 5) is 16.9. The molecule has 0 atom stereocenters. The maximum Gasteiger partial charge on any atom is 0.222 e. The Morgan fingerprint density at radius 1 is 0.962 bits per heavy atom. The Bertz CT molecular complexity index is 714. The van der Waals surface area contributed by atoms with Gasteiger partial charge in [0.15, 0.2) is 0 Å². The lowest BCUT2D eigenvalue weighted by Crippen LogP contribution is -2.48. The molecule has 1 heterocycles. The van der Waals surface area contributed by atoms with Crippen molar-refractivity contribution in [3.05, 3.63) is 77.4 Å². The van der Waals surface area contributed by atoms with Gasteiger partial charge in [-0.1, -0.05) is 72.3 Å². The summed E-state index contributed by atoms with van der Waals surface area (Å²) in [7, 11) is 0. The van der Waals surface area contributed by atoms with E-state index in [4.69, 9.17) is 0 Å². The largest absolute Gasteiger partial charge is 0.340 e. The molecule has 0 saturated carbocycles. The van der Waals surface area contributed by atoms with Crippen LogP contribution in [0, 0.1) is 6.92 Å². The molecule has 3 heteroatoms. The van der Waals surface area contributed by atoms with E-state index in [0.717, 1.165) is 39.1 Å². The van der Waals surface area contributed by atoms with Crippen LogP contribution in [0.25, 0.3) is 6.08 Å². The highest BCUT2D eigenvalue weighted by molar-refractivity contribution is 5.76. The van der Waals surface area contributed by atoms with Crippen LogP contribution in [0.3, 0.4) is 0 Å². The van der Waals surface area contributed by atoms with E-state index >= 15 is 0 Å². The van der Waals surface area contributed by atoms with Crippen molar-refractivity contribution in [3.63, 3.8) is 0 Å². The molecule has 0 aliphatic carbocycles. The quantitative estimate of drug-likeness (QED) is 0.793. The number of rotatable bonds is 6. The molecule has 3 nitrogen and oxygen atoms in total. The van der Waals surface area contributed by atoms with Crippen molar-refractivity contribution < 1.29 is 4.79 Å². The van der Waals surface area contributed by atoms with E-state index < -0.39 is 0 Å². The molecule has 1 aliphatic rings. The lowest BCUT2D eigenvalue weighted by molar-refractivity contribution is -0.132. The fraction of sp³-hybridized carbons (Fsp3) is 0.348. The molecule has 136 valence electrons. The van der Waals surface area contributed by atoms with Crippen molar-refractivity contribution in [3.8, 4) is 0 Å². The summed E-state index contributed by atoms with van der Waals surface area (Å²) in [5, 5.41) is 0. The molecule has 1 aliphatic heterocycles. The van der Waals surface area contributed by atoms with Crippen molar-refractivity contribution in [2.45, 2.75) is 19.8 Å². The van der Waals surface area contributed by atoms with Gasteiger partial charge in [-0.05, 0) is 24.5 Å². The van der Waals surface area contributed by atoms with E-state index in [1.54, 1.807) is 0 Å². The van der Waals surface area contributed by atoms with Crippen molar-refractivity contribution in [2.24, 2.45) is 0 Å². The summed E-state index contributed by atoms with van der Waals surface area (Å²) < 4.78 is 0. The lowest BCUT2D eigenvalue weighted by atomic mass is 10.1. The summed E-state index contributed by atoms with van der Waals surface area (Å²) in [6, 6.07) is 18.8. The van der Waals surface area contributed by atoms with Crippen LogP contribution in [0.5, 0.6) is 0 Å². The van der Waals surface area contributed by atoms with Crippen LogP contribution >= 0.6 is 0 Å². The molecule has 0 radical (unpaired) electrons. The Kier molecular flexibility index (Phi) is 6.62. The molecule has 1 amide bonds. The normalized spacial score (nSPS) is 15.5. The highest BCUT2D eigenvalue weighted by Crippen LogP contribution is 2.10. The number of carbonyl (C=O) groups excluding carboxylic acids is 1. The van der Waals surface area contributed by atoms with Crippen LogP contribution in [0.1, 0.15) is 23.1 Å². The minimum absolute atomic E-state index is 0.282. The second kappa shape index (κ2) is 9.35. The van der Waals surface area contributed by atoms with E-state index in [1.165, 1.54) is 16.7 Å². The Morgan fingerprint density at radius 2 is 1.65 bits per heavy atom. The van der Waals surface area contributed by atoms with Crippen LogP contribution in [0.15, 0.2) is 60.7 Å². The summed E-state index contributed by atoms with van der Waals surface area (Å²) in [6.45, 7) is 6.62. The number of nitrogens with zero attached hydrogens (tertiary/aromatic N) is 2. The first kappa shape index (κ1) is 18.4.